The molecule has 2 aliphatic heterocycles. The van der Waals surface area contributed by atoms with Crippen LogP contribution in [0.3, 0.4) is 0 Å². The molecule has 35 heavy (non-hydrogen) atoms. The minimum atomic E-state index is -0.175. The van der Waals surface area contributed by atoms with Gasteiger partial charge < -0.3 is 19.7 Å². The van der Waals surface area contributed by atoms with Gasteiger partial charge in [0.05, 0.1) is 26.0 Å². The summed E-state index contributed by atoms with van der Waals surface area (Å²) in [5.74, 6) is 0.384. The number of hydrogen-bond donors (Lipinski definition) is 1. The third kappa shape index (κ3) is 5.01. The van der Waals surface area contributed by atoms with Crippen LogP contribution in [0.15, 0.2) is 48.5 Å². The normalized spacial score (nSPS) is 18.1. The van der Waals surface area contributed by atoms with Crippen LogP contribution < -0.4 is 10.1 Å². The second-order valence-corrected chi connectivity index (χ2v) is 9.14. The largest absolute Gasteiger partial charge is 0.497 e. The standard InChI is InChI=1S/C25H26ClN5O4/c1-34-20-7-5-16(6-8-20)22-14-31-21(15-35-22)23(28-29-31)25(33)30-11-9-17(10-12-30)24(32)27-19-4-2-3-18(26)13-19/h2-8,13,17,22H,9-12,14-15H2,1H3,(H,27,32)/t22-/m0/s1. The van der Waals surface area contributed by atoms with Crippen molar-refractivity contribution in [3.63, 3.8) is 0 Å². The van der Waals surface area contributed by atoms with Crippen molar-refractivity contribution in [2.24, 2.45) is 5.92 Å². The van der Waals surface area contributed by atoms with E-state index in [0.29, 0.717) is 54.6 Å². The van der Waals surface area contributed by atoms with Gasteiger partial charge in [-0.25, -0.2) is 4.68 Å². The molecule has 2 aliphatic rings. The lowest BCUT2D eigenvalue weighted by atomic mass is 9.95. The molecular weight excluding hydrogens is 470 g/mol. The van der Waals surface area contributed by atoms with Gasteiger partial charge in [-0.1, -0.05) is 35.0 Å². The highest BCUT2D eigenvalue weighted by Crippen LogP contribution is 2.29. The van der Waals surface area contributed by atoms with Crippen molar-refractivity contribution in [3.05, 3.63) is 70.5 Å². The number of ether oxygens (including phenoxy) is 2. The summed E-state index contributed by atoms with van der Waals surface area (Å²) in [6, 6.07) is 14.8. The Morgan fingerprint density at radius 2 is 1.91 bits per heavy atom. The SMILES string of the molecule is COc1ccc([C@@H]2Cn3nnc(C(=O)N4CCC(C(=O)Nc5cccc(Cl)c5)CC4)c3CO2)cc1. The van der Waals surface area contributed by atoms with Crippen molar-refractivity contribution < 1.29 is 19.1 Å². The maximum Gasteiger partial charge on any atom is 0.276 e. The Balaban J connectivity index is 1.18. The number of rotatable bonds is 5. The first-order valence-corrected chi connectivity index (χ1v) is 11.9. The van der Waals surface area contributed by atoms with Gasteiger partial charge in [0.1, 0.15) is 11.9 Å². The van der Waals surface area contributed by atoms with Crippen LogP contribution in [0.25, 0.3) is 0 Å². The molecule has 1 fully saturated rings. The highest BCUT2D eigenvalue weighted by molar-refractivity contribution is 6.30. The van der Waals surface area contributed by atoms with Crippen molar-refractivity contribution in [3.8, 4) is 5.75 Å². The summed E-state index contributed by atoms with van der Waals surface area (Å²) < 4.78 is 13.0. The van der Waals surface area contributed by atoms with Crippen LogP contribution in [0.1, 0.15) is 40.7 Å². The van der Waals surface area contributed by atoms with Gasteiger partial charge in [-0.05, 0) is 48.7 Å². The molecule has 2 aromatic carbocycles. The molecule has 0 aliphatic carbocycles. The van der Waals surface area contributed by atoms with Gasteiger partial charge in [-0.15, -0.1) is 5.10 Å². The molecule has 3 heterocycles. The molecule has 3 aromatic rings. The van der Waals surface area contributed by atoms with Crippen LogP contribution in [-0.4, -0.2) is 51.9 Å². The molecule has 5 rings (SSSR count). The third-order valence-electron chi connectivity index (χ3n) is 6.53. The van der Waals surface area contributed by atoms with E-state index in [1.807, 2.05) is 24.3 Å². The fraction of sp³-hybridized carbons (Fsp3) is 0.360. The number of fused-ring (bicyclic) bond motifs is 1. The number of carbonyl (C=O) groups is 2. The monoisotopic (exact) mass is 495 g/mol. The number of aromatic nitrogens is 3. The summed E-state index contributed by atoms with van der Waals surface area (Å²) >= 11 is 6.00. The minimum Gasteiger partial charge on any atom is -0.497 e. The lowest BCUT2D eigenvalue weighted by Gasteiger charge is -2.31. The van der Waals surface area contributed by atoms with E-state index in [1.54, 1.807) is 41.0 Å². The van der Waals surface area contributed by atoms with Crippen LogP contribution in [0, 0.1) is 5.92 Å². The number of carbonyl (C=O) groups excluding carboxylic acids is 2. The Morgan fingerprint density at radius 3 is 2.63 bits per heavy atom. The number of amides is 2. The predicted molar refractivity (Wildman–Crippen MR) is 129 cm³/mol. The van der Waals surface area contributed by atoms with Gasteiger partial charge in [0.15, 0.2) is 5.69 Å². The van der Waals surface area contributed by atoms with Gasteiger partial charge in [0, 0.05) is 29.7 Å². The zero-order chi connectivity index (χ0) is 24.4. The van der Waals surface area contributed by atoms with Crippen molar-refractivity contribution in [2.75, 3.05) is 25.5 Å². The maximum absolute atomic E-state index is 13.2. The van der Waals surface area contributed by atoms with Gasteiger partial charge in [-0.3, -0.25) is 9.59 Å². The van der Waals surface area contributed by atoms with E-state index >= 15 is 0 Å². The van der Waals surface area contributed by atoms with Gasteiger partial charge in [0.25, 0.3) is 5.91 Å². The van der Waals surface area contributed by atoms with Crippen molar-refractivity contribution >= 4 is 29.1 Å². The lowest BCUT2D eigenvalue weighted by Crippen LogP contribution is -2.42. The summed E-state index contributed by atoms with van der Waals surface area (Å²) in [6.07, 6.45) is 0.988. The molecule has 9 nitrogen and oxygen atoms in total. The number of benzene rings is 2. The fourth-order valence-corrected chi connectivity index (χ4v) is 4.69. The van der Waals surface area contributed by atoms with Gasteiger partial charge in [-0.2, -0.15) is 0 Å². The minimum absolute atomic E-state index is 0.0571. The summed E-state index contributed by atoms with van der Waals surface area (Å²) in [5.41, 5.74) is 2.68. The van der Waals surface area contributed by atoms with Gasteiger partial charge >= 0.3 is 0 Å². The Morgan fingerprint density at radius 1 is 1.14 bits per heavy atom. The van der Waals surface area contributed by atoms with E-state index in [-0.39, 0.29) is 30.4 Å². The van der Waals surface area contributed by atoms with E-state index in [2.05, 4.69) is 15.6 Å². The lowest BCUT2D eigenvalue weighted by molar-refractivity contribution is -0.121. The molecule has 1 N–H and O–H groups in total. The average molecular weight is 496 g/mol. The topological polar surface area (TPSA) is 98.6 Å². The fourth-order valence-electron chi connectivity index (χ4n) is 4.50. The Bertz CT molecular complexity index is 1220. The molecule has 2 amide bonds. The Hall–Kier alpha value is -3.43. The van der Waals surface area contributed by atoms with Crippen LogP contribution in [0.5, 0.6) is 5.75 Å². The van der Waals surface area contributed by atoms with E-state index in [1.165, 1.54) is 0 Å². The van der Waals surface area contributed by atoms with E-state index < -0.39 is 0 Å². The van der Waals surface area contributed by atoms with Crippen LogP contribution in [0.4, 0.5) is 5.69 Å². The number of nitrogens with one attached hydrogen (secondary N) is 1. The summed E-state index contributed by atoms with van der Waals surface area (Å²) in [5, 5.41) is 11.9. The molecule has 1 saturated heterocycles. The highest BCUT2D eigenvalue weighted by Gasteiger charge is 2.33. The zero-order valence-electron chi connectivity index (χ0n) is 19.3. The van der Waals surface area contributed by atoms with Crippen LogP contribution in [-0.2, 0) is 22.7 Å². The van der Waals surface area contributed by atoms with Crippen LogP contribution >= 0.6 is 11.6 Å². The molecule has 10 heteroatoms. The first kappa shape index (κ1) is 23.3. The van der Waals surface area contributed by atoms with Crippen LogP contribution in [0.2, 0.25) is 5.02 Å². The number of halogens is 1. The molecular formula is C25H26ClN5O4. The molecule has 0 radical (unpaired) electrons. The zero-order valence-corrected chi connectivity index (χ0v) is 20.1. The molecule has 182 valence electrons. The first-order valence-electron chi connectivity index (χ1n) is 11.6. The van der Waals surface area contributed by atoms with Crippen molar-refractivity contribution in [2.45, 2.75) is 32.1 Å². The van der Waals surface area contributed by atoms with Gasteiger partial charge in [0.2, 0.25) is 5.91 Å². The number of anilines is 1. The summed E-state index contributed by atoms with van der Waals surface area (Å²) in [4.78, 5) is 27.6. The van der Waals surface area contributed by atoms with E-state index in [9.17, 15) is 9.59 Å². The second-order valence-electron chi connectivity index (χ2n) is 8.71. The molecule has 1 atom stereocenters. The second kappa shape index (κ2) is 10.1. The number of piperidine rings is 1. The summed E-state index contributed by atoms with van der Waals surface area (Å²) in [6.45, 7) is 1.69. The molecule has 0 unspecified atom stereocenters. The molecule has 0 spiro atoms. The quantitative estimate of drug-likeness (QED) is 0.579. The average Bonchev–Trinajstić information content (AvgIpc) is 3.32. The highest BCUT2D eigenvalue weighted by atomic mass is 35.5. The molecule has 0 saturated carbocycles. The maximum atomic E-state index is 13.2. The Labute approximate surface area is 208 Å². The molecule has 0 bridgehead atoms. The van der Waals surface area contributed by atoms with Crippen molar-refractivity contribution in [1.82, 2.24) is 19.9 Å². The number of hydrogen-bond acceptors (Lipinski definition) is 6. The smallest absolute Gasteiger partial charge is 0.276 e. The number of methoxy groups -OCH3 is 1. The number of nitrogens with zero attached hydrogens (tertiary/aromatic N) is 4. The van der Waals surface area contributed by atoms with Crippen molar-refractivity contribution in [1.29, 1.82) is 0 Å². The van der Waals surface area contributed by atoms with E-state index in [0.717, 1.165) is 11.3 Å². The first-order chi connectivity index (χ1) is 17.0. The third-order valence-corrected chi connectivity index (χ3v) is 6.77. The van der Waals surface area contributed by atoms with E-state index in [4.69, 9.17) is 21.1 Å². The Kier molecular flexibility index (Phi) is 6.70. The summed E-state index contributed by atoms with van der Waals surface area (Å²) in [7, 11) is 1.63. The molecule has 1 aromatic heterocycles. The number of likely N-dealkylation sites (tertiary alicyclic amines) is 1. The predicted octanol–water partition coefficient (Wildman–Crippen LogP) is 3.70.